The molecule has 1 aromatic heterocycles. The number of nitrogens with one attached hydrogen (secondary N) is 1. The van der Waals surface area contributed by atoms with Crippen molar-refractivity contribution in [3.63, 3.8) is 0 Å². The fraction of sp³-hybridized carbons (Fsp3) is 0.667. The number of hydrogen-bond donors (Lipinski definition) is 2. The van der Waals surface area contributed by atoms with E-state index < -0.39 is 0 Å². The van der Waals surface area contributed by atoms with Crippen LogP contribution in [0, 0.1) is 6.92 Å². The van der Waals surface area contributed by atoms with Crippen LogP contribution in [-0.2, 0) is 0 Å². The summed E-state index contributed by atoms with van der Waals surface area (Å²) in [4.78, 5) is 5.61. The summed E-state index contributed by atoms with van der Waals surface area (Å²) in [5, 5.41) is 13.6. The lowest BCUT2D eigenvalue weighted by Gasteiger charge is -2.13. The Balaban J connectivity index is 2.15. The maximum Gasteiger partial charge on any atom is 0.0975 e. The van der Waals surface area contributed by atoms with Crippen LogP contribution < -0.4 is 5.32 Å². The van der Waals surface area contributed by atoms with E-state index in [2.05, 4.69) is 17.2 Å². The second-order valence-electron chi connectivity index (χ2n) is 3.45. The van der Waals surface area contributed by atoms with Gasteiger partial charge in [0.15, 0.2) is 0 Å². The number of rotatable bonds is 2. The topological polar surface area (TPSA) is 45.2 Å². The van der Waals surface area contributed by atoms with Crippen LogP contribution in [0.4, 0.5) is 0 Å². The molecule has 2 atom stereocenters. The van der Waals surface area contributed by atoms with E-state index in [1.165, 1.54) is 9.88 Å². The fourth-order valence-electron chi connectivity index (χ4n) is 1.80. The first-order valence-corrected chi connectivity index (χ1v) is 5.39. The molecule has 3 nitrogen and oxygen atoms in total. The lowest BCUT2D eigenvalue weighted by Crippen LogP contribution is -2.29. The van der Waals surface area contributed by atoms with Gasteiger partial charge in [0.2, 0.25) is 0 Å². The van der Waals surface area contributed by atoms with Crippen LogP contribution in [0.1, 0.15) is 22.2 Å². The molecule has 0 saturated carbocycles. The van der Waals surface area contributed by atoms with E-state index in [9.17, 15) is 0 Å². The molecule has 13 heavy (non-hydrogen) atoms. The van der Waals surface area contributed by atoms with Crippen LogP contribution in [0.2, 0.25) is 0 Å². The molecule has 1 saturated heterocycles. The zero-order chi connectivity index (χ0) is 9.26. The smallest absolute Gasteiger partial charge is 0.0975 e. The summed E-state index contributed by atoms with van der Waals surface area (Å²) in [7, 11) is 0. The Morgan fingerprint density at radius 2 is 2.62 bits per heavy atom. The van der Waals surface area contributed by atoms with Gasteiger partial charge in [0.05, 0.1) is 11.6 Å². The van der Waals surface area contributed by atoms with E-state index >= 15 is 0 Å². The Kier molecular flexibility index (Phi) is 2.62. The third-order valence-electron chi connectivity index (χ3n) is 2.50. The normalized spacial score (nSPS) is 28.2. The summed E-state index contributed by atoms with van der Waals surface area (Å²) in [5.41, 5.74) is 0. The SMILES string of the molecule is Cc1cnc(C2CCNC2CO)s1. The summed E-state index contributed by atoms with van der Waals surface area (Å²) in [6.07, 6.45) is 3.00. The van der Waals surface area contributed by atoms with E-state index in [4.69, 9.17) is 5.11 Å². The predicted molar refractivity (Wildman–Crippen MR) is 53.1 cm³/mol. The van der Waals surface area contributed by atoms with Gasteiger partial charge < -0.3 is 10.4 Å². The van der Waals surface area contributed by atoms with Gasteiger partial charge >= 0.3 is 0 Å². The summed E-state index contributed by atoms with van der Waals surface area (Å²) >= 11 is 1.74. The zero-order valence-corrected chi connectivity index (χ0v) is 8.47. The van der Waals surface area contributed by atoms with Gasteiger partial charge in [-0.1, -0.05) is 0 Å². The third kappa shape index (κ3) is 1.75. The molecule has 0 spiro atoms. The number of aryl methyl sites for hydroxylation is 1. The monoisotopic (exact) mass is 198 g/mol. The van der Waals surface area contributed by atoms with Crippen molar-refractivity contribution in [2.75, 3.05) is 13.2 Å². The molecule has 0 aliphatic carbocycles. The lowest BCUT2D eigenvalue weighted by molar-refractivity contribution is 0.245. The van der Waals surface area contributed by atoms with E-state index in [0.717, 1.165) is 13.0 Å². The molecule has 0 aromatic carbocycles. The number of thiazole rings is 1. The molecule has 4 heteroatoms. The van der Waals surface area contributed by atoms with Crippen molar-refractivity contribution in [3.05, 3.63) is 16.1 Å². The van der Waals surface area contributed by atoms with Crippen molar-refractivity contribution in [3.8, 4) is 0 Å². The van der Waals surface area contributed by atoms with Crippen molar-refractivity contribution in [1.82, 2.24) is 10.3 Å². The Morgan fingerprint density at radius 1 is 1.77 bits per heavy atom. The molecule has 0 amide bonds. The zero-order valence-electron chi connectivity index (χ0n) is 7.66. The van der Waals surface area contributed by atoms with Crippen molar-refractivity contribution in [2.24, 2.45) is 0 Å². The third-order valence-corrected chi connectivity index (χ3v) is 3.55. The molecular formula is C9H14N2OS. The average molecular weight is 198 g/mol. The number of nitrogens with zero attached hydrogens (tertiary/aromatic N) is 1. The highest BCUT2D eigenvalue weighted by Crippen LogP contribution is 2.30. The van der Waals surface area contributed by atoms with Crippen LogP contribution in [0.3, 0.4) is 0 Å². The molecule has 2 N–H and O–H groups in total. The second-order valence-corrected chi connectivity index (χ2v) is 4.71. The molecule has 2 heterocycles. The van der Waals surface area contributed by atoms with Gasteiger partial charge in [-0.3, -0.25) is 0 Å². The molecular weight excluding hydrogens is 184 g/mol. The van der Waals surface area contributed by atoms with Crippen molar-refractivity contribution >= 4 is 11.3 Å². The summed E-state index contributed by atoms with van der Waals surface area (Å²) in [6, 6.07) is 0.213. The van der Waals surface area contributed by atoms with Crippen LogP contribution in [0.25, 0.3) is 0 Å². The van der Waals surface area contributed by atoms with Gasteiger partial charge in [-0.15, -0.1) is 11.3 Å². The molecule has 1 fully saturated rings. The minimum atomic E-state index is 0.212. The predicted octanol–water partition coefficient (Wildman–Crippen LogP) is 0.889. The van der Waals surface area contributed by atoms with E-state index in [0.29, 0.717) is 5.92 Å². The molecule has 0 radical (unpaired) electrons. The van der Waals surface area contributed by atoms with Crippen LogP contribution in [0.15, 0.2) is 6.20 Å². The first kappa shape index (κ1) is 9.12. The largest absolute Gasteiger partial charge is 0.395 e. The van der Waals surface area contributed by atoms with Crippen LogP contribution in [-0.4, -0.2) is 29.3 Å². The van der Waals surface area contributed by atoms with Crippen molar-refractivity contribution < 1.29 is 5.11 Å². The van der Waals surface area contributed by atoms with Gasteiger partial charge in [-0.2, -0.15) is 0 Å². The molecule has 2 unspecified atom stereocenters. The van der Waals surface area contributed by atoms with Gasteiger partial charge in [0.1, 0.15) is 0 Å². The minimum absolute atomic E-state index is 0.212. The average Bonchev–Trinajstić information content (AvgIpc) is 2.71. The van der Waals surface area contributed by atoms with Crippen molar-refractivity contribution in [2.45, 2.75) is 25.3 Å². The summed E-state index contributed by atoms with van der Waals surface area (Å²) in [6.45, 7) is 3.27. The second kappa shape index (κ2) is 3.74. The quantitative estimate of drug-likeness (QED) is 0.742. The minimum Gasteiger partial charge on any atom is -0.395 e. The fourth-order valence-corrected chi connectivity index (χ4v) is 2.77. The highest BCUT2D eigenvalue weighted by molar-refractivity contribution is 7.11. The molecule has 0 bridgehead atoms. The lowest BCUT2D eigenvalue weighted by atomic mass is 10.0. The maximum atomic E-state index is 9.12. The van der Waals surface area contributed by atoms with E-state index in [1.807, 2.05) is 6.20 Å². The maximum absolute atomic E-state index is 9.12. The first-order chi connectivity index (χ1) is 6.31. The van der Waals surface area contributed by atoms with Gasteiger partial charge in [0, 0.05) is 23.0 Å². The Hall–Kier alpha value is -0.450. The van der Waals surface area contributed by atoms with E-state index in [-0.39, 0.29) is 12.6 Å². The summed E-state index contributed by atoms with van der Waals surface area (Å²) in [5.74, 6) is 0.420. The number of aromatic nitrogens is 1. The first-order valence-electron chi connectivity index (χ1n) is 4.58. The summed E-state index contributed by atoms with van der Waals surface area (Å²) < 4.78 is 0. The Bertz CT molecular complexity index is 287. The molecule has 1 aromatic rings. The van der Waals surface area contributed by atoms with Gasteiger partial charge in [-0.05, 0) is 19.9 Å². The van der Waals surface area contributed by atoms with Gasteiger partial charge in [-0.25, -0.2) is 4.98 Å². The van der Waals surface area contributed by atoms with Crippen LogP contribution >= 0.6 is 11.3 Å². The molecule has 72 valence electrons. The van der Waals surface area contributed by atoms with E-state index in [1.54, 1.807) is 11.3 Å². The highest BCUT2D eigenvalue weighted by atomic mass is 32.1. The standard InChI is InChI=1S/C9H14N2OS/c1-6-4-11-9(13-6)7-2-3-10-8(7)5-12/h4,7-8,10,12H,2-3,5H2,1H3. The molecule has 1 aliphatic heterocycles. The number of aliphatic hydroxyl groups excluding tert-OH is 1. The number of hydrogen-bond acceptors (Lipinski definition) is 4. The van der Waals surface area contributed by atoms with Crippen LogP contribution in [0.5, 0.6) is 0 Å². The Labute approximate surface area is 81.8 Å². The van der Waals surface area contributed by atoms with Gasteiger partial charge in [0.25, 0.3) is 0 Å². The Morgan fingerprint density at radius 3 is 3.23 bits per heavy atom. The van der Waals surface area contributed by atoms with Crippen molar-refractivity contribution in [1.29, 1.82) is 0 Å². The number of aliphatic hydroxyl groups is 1. The molecule has 1 aliphatic rings. The highest BCUT2D eigenvalue weighted by Gasteiger charge is 2.29. The molecule has 2 rings (SSSR count).